The van der Waals surface area contributed by atoms with Gasteiger partial charge in [-0.05, 0) is 13.3 Å². The topological polar surface area (TPSA) is 48.6 Å². The maximum absolute atomic E-state index is 12.0. The molecule has 11 heavy (non-hydrogen) atoms. The van der Waals surface area contributed by atoms with Crippen molar-refractivity contribution in [1.82, 2.24) is 0 Å². The summed E-state index contributed by atoms with van der Waals surface area (Å²) in [5, 5.41) is 6.83. The minimum absolute atomic E-state index is 0.592. The zero-order valence-corrected chi connectivity index (χ0v) is 6.71. The lowest BCUT2D eigenvalue weighted by Crippen LogP contribution is -1.96. The summed E-state index contributed by atoms with van der Waals surface area (Å²) >= 11 is 0. The van der Waals surface area contributed by atoms with Crippen molar-refractivity contribution in [2.45, 2.75) is 26.6 Å². The van der Waals surface area contributed by atoms with Gasteiger partial charge in [0.15, 0.2) is 6.30 Å². The monoisotopic (exact) mass is 157 g/mol. The molecule has 3 nitrogen and oxygen atoms in total. The predicted molar refractivity (Wildman–Crippen MR) is 45.6 cm³/mol. The Hall–Kier alpha value is -1.06. The molecule has 0 aliphatic rings. The molecule has 62 valence electrons. The standard InChI is InChI=1S/C7H12FN3/c1-3-7(4-9)11-5-10-6(2)8/h4-6,9H,3H2,1-2H3. The van der Waals surface area contributed by atoms with Crippen molar-refractivity contribution >= 4 is 18.3 Å². The van der Waals surface area contributed by atoms with Gasteiger partial charge in [-0.1, -0.05) is 6.92 Å². The van der Waals surface area contributed by atoms with Gasteiger partial charge in [-0.2, -0.15) is 0 Å². The lowest BCUT2D eigenvalue weighted by atomic mass is 10.3. The normalized spacial score (nSPS) is 15.4. The summed E-state index contributed by atoms with van der Waals surface area (Å²) in [7, 11) is 0. The second-order valence-corrected chi connectivity index (χ2v) is 1.96. The molecule has 0 heterocycles. The first-order valence-corrected chi connectivity index (χ1v) is 3.43. The zero-order chi connectivity index (χ0) is 8.69. The molecule has 0 spiro atoms. The van der Waals surface area contributed by atoms with Gasteiger partial charge in [-0.15, -0.1) is 0 Å². The second-order valence-electron chi connectivity index (χ2n) is 1.96. The van der Waals surface area contributed by atoms with Crippen LogP contribution in [0.2, 0.25) is 0 Å². The van der Waals surface area contributed by atoms with Crippen LogP contribution in [0, 0.1) is 5.41 Å². The first kappa shape index (κ1) is 9.94. The molecule has 0 amide bonds. The zero-order valence-electron chi connectivity index (χ0n) is 6.71. The van der Waals surface area contributed by atoms with Crippen LogP contribution in [-0.4, -0.2) is 24.6 Å². The van der Waals surface area contributed by atoms with Gasteiger partial charge >= 0.3 is 0 Å². The van der Waals surface area contributed by atoms with Crippen LogP contribution in [0.1, 0.15) is 20.3 Å². The molecule has 0 fully saturated rings. The van der Waals surface area contributed by atoms with Crippen LogP contribution in [0.5, 0.6) is 0 Å². The third-order valence-corrected chi connectivity index (χ3v) is 1.02. The smallest absolute Gasteiger partial charge is 0.188 e. The molecule has 0 bridgehead atoms. The minimum atomic E-state index is -1.22. The first-order chi connectivity index (χ1) is 5.20. The summed E-state index contributed by atoms with van der Waals surface area (Å²) in [4.78, 5) is 7.12. The maximum atomic E-state index is 12.0. The van der Waals surface area contributed by atoms with E-state index < -0.39 is 6.30 Å². The quantitative estimate of drug-likeness (QED) is 0.367. The molecule has 4 heteroatoms. The largest absolute Gasteiger partial charge is 0.307 e. The highest BCUT2D eigenvalue weighted by molar-refractivity contribution is 6.30. The molecule has 0 saturated heterocycles. The molecule has 0 aromatic rings. The van der Waals surface area contributed by atoms with E-state index >= 15 is 0 Å². The number of hydrogen-bond donors (Lipinski definition) is 1. The molecule has 1 unspecified atom stereocenters. The van der Waals surface area contributed by atoms with Crippen molar-refractivity contribution in [2.24, 2.45) is 9.98 Å². The second kappa shape index (κ2) is 5.70. The number of alkyl halides is 1. The van der Waals surface area contributed by atoms with Gasteiger partial charge in [0.25, 0.3) is 0 Å². The summed E-state index contributed by atoms with van der Waals surface area (Å²) in [6.07, 6.45) is 1.72. The van der Waals surface area contributed by atoms with E-state index in [1.807, 2.05) is 6.92 Å². The van der Waals surface area contributed by atoms with E-state index in [9.17, 15) is 4.39 Å². The van der Waals surface area contributed by atoms with E-state index in [1.165, 1.54) is 6.92 Å². The van der Waals surface area contributed by atoms with Crippen molar-refractivity contribution < 1.29 is 4.39 Å². The summed E-state index contributed by atoms with van der Waals surface area (Å²) in [6.45, 7) is 3.19. The van der Waals surface area contributed by atoms with Gasteiger partial charge in [0.1, 0.15) is 6.34 Å². The van der Waals surface area contributed by atoms with Crippen LogP contribution < -0.4 is 0 Å². The lowest BCUT2D eigenvalue weighted by molar-refractivity contribution is 0.377. The Balaban J connectivity index is 3.97. The highest BCUT2D eigenvalue weighted by atomic mass is 19.1. The Morgan fingerprint density at radius 2 is 2.36 bits per heavy atom. The molecular formula is C7H12FN3. The van der Waals surface area contributed by atoms with Gasteiger partial charge in [0, 0.05) is 6.21 Å². The predicted octanol–water partition coefficient (Wildman–Crippen LogP) is 1.83. The molecule has 0 aliphatic carbocycles. The fraction of sp³-hybridized carbons (Fsp3) is 0.571. The number of rotatable bonds is 4. The van der Waals surface area contributed by atoms with Crippen molar-refractivity contribution in [2.75, 3.05) is 0 Å². The molecular weight excluding hydrogens is 145 g/mol. The molecule has 1 atom stereocenters. The maximum Gasteiger partial charge on any atom is 0.188 e. The number of aliphatic imine (C=N–C) groups is 2. The molecule has 1 N–H and O–H groups in total. The molecule has 0 radical (unpaired) electrons. The Labute approximate surface area is 65.6 Å². The average molecular weight is 157 g/mol. The Bertz CT molecular complexity index is 173. The molecule has 0 aromatic carbocycles. The van der Waals surface area contributed by atoms with Crippen LogP contribution in [-0.2, 0) is 0 Å². The highest BCUT2D eigenvalue weighted by Crippen LogP contribution is 1.87. The van der Waals surface area contributed by atoms with Crippen LogP contribution >= 0.6 is 0 Å². The fourth-order valence-corrected chi connectivity index (χ4v) is 0.430. The van der Waals surface area contributed by atoms with E-state index in [2.05, 4.69) is 9.98 Å². The third-order valence-electron chi connectivity index (χ3n) is 1.02. The minimum Gasteiger partial charge on any atom is -0.307 e. The SMILES string of the molecule is CCC(C=N)=NC=NC(C)F. The fourth-order valence-electron chi connectivity index (χ4n) is 0.430. The summed E-state index contributed by atoms with van der Waals surface area (Å²) in [5.74, 6) is 0. The van der Waals surface area contributed by atoms with Gasteiger partial charge in [0.2, 0.25) is 0 Å². The Morgan fingerprint density at radius 1 is 1.73 bits per heavy atom. The van der Waals surface area contributed by atoms with Gasteiger partial charge < -0.3 is 5.41 Å². The van der Waals surface area contributed by atoms with Crippen molar-refractivity contribution in [3.05, 3.63) is 0 Å². The van der Waals surface area contributed by atoms with Gasteiger partial charge in [-0.25, -0.2) is 14.4 Å². The Morgan fingerprint density at radius 3 is 2.73 bits per heavy atom. The summed E-state index contributed by atoms with van der Waals surface area (Å²) in [5.41, 5.74) is 0.592. The highest BCUT2D eigenvalue weighted by Gasteiger charge is 1.88. The molecule has 0 saturated carbocycles. The van der Waals surface area contributed by atoms with E-state index in [1.54, 1.807) is 0 Å². The van der Waals surface area contributed by atoms with Crippen LogP contribution in [0.25, 0.3) is 0 Å². The number of hydrogen-bond acceptors (Lipinski definition) is 2. The van der Waals surface area contributed by atoms with Crippen molar-refractivity contribution in [3.8, 4) is 0 Å². The number of nitrogens with zero attached hydrogens (tertiary/aromatic N) is 2. The number of nitrogens with one attached hydrogen (secondary N) is 1. The number of halogens is 1. The van der Waals surface area contributed by atoms with E-state index in [0.29, 0.717) is 12.1 Å². The van der Waals surface area contributed by atoms with Gasteiger partial charge in [-0.3, -0.25) is 0 Å². The Kier molecular flexibility index (Phi) is 5.15. The average Bonchev–Trinajstić information content (AvgIpc) is 1.98. The van der Waals surface area contributed by atoms with E-state index in [4.69, 9.17) is 5.41 Å². The summed E-state index contributed by atoms with van der Waals surface area (Å²) < 4.78 is 12.0. The van der Waals surface area contributed by atoms with E-state index in [0.717, 1.165) is 12.6 Å². The summed E-state index contributed by atoms with van der Waals surface area (Å²) in [6, 6.07) is 0. The third kappa shape index (κ3) is 5.39. The van der Waals surface area contributed by atoms with Crippen molar-refractivity contribution in [3.63, 3.8) is 0 Å². The molecule has 0 aliphatic heterocycles. The first-order valence-electron chi connectivity index (χ1n) is 3.43. The van der Waals surface area contributed by atoms with E-state index in [-0.39, 0.29) is 0 Å². The van der Waals surface area contributed by atoms with Gasteiger partial charge in [0.05, 0.1) is 5.71 Å². The van der Waals surface area contributed by atoms with Crippen LogP contribution in [0.4, 0.5) is 4.39 Å². The lowest BCUT2D eigenvalue weighted by Gasteiger charge is -1.90. The van der Waals surface area contributed by atoms with Crippen molar-refractivity contribution in [1.29, 1.82) is 5.41 Å². The van der Waals surface area contributed by atoms with Crippen LogP contribution in [0.15, 0.2) is 9.98 Å². The molecule has 0 rings (SSSR count). The van der Waals surface area contributed by atoms with Crippen LogP contribution in [0.3, 0.4) is 0 Å². The molecule has 0 aromatic heterocycles.